The fourth-order valence-electron chi connectivity index (χ4n) is 1.98. The Balaban J connectivity index is 2.21. The van der Waals surface area contributed by atoms with E-state index in [1.165, 1.54) is 0 Å². The molecule has 3 aromatic rings. The Kier molecular flexibility index (Phi) is 2.73. The van der Waals surface area contributed by atoms with Crippen molar-refractivity contribution in [2.75, 3.05) is 5.73 Å². The largest absolute Gasteiger partial charge is 0.397 e. The van der Waals surface area contributed by atoms with Crippen LogP contribution < -0.4 is 5.73 Å². The van der Waals surface area contributed by atoms with Crippen LogP contribution in [0.25, 0.3) is 22.4 Å². The van der Waals surface area contributed by atoms with E-state index < -0.39 is 0 Å². The van der Waals surface area contributed by atoms with Gasteiger partial charge in [0.2, 0.25) is 0 Å². The molecule has 0 aliphatic rings. The first-order chi connectivity index (χ1) is 9.17. The summed E-state index contributed by atoms with van der Waals surface area (Å²) in [7, 11) is 0. The van der Waals surface area contributed by atoms with Crippen molar-refractivity contribution in [3.8, 4) is 17.5 Å². The zero-order chi connectivity index (χ0) is 13.4. The fourth-order valence-corrected chi connectivity index (χ4v) is 2.46. The molecular formula is C14H9BrN4. The van der Waals surface area contributed by atoms with E-state index in [1.54, 1.807) is 12.1 Å². The maximum atomic E-state index is 8.92. The first-order valence-corrected chi connectivity index (χ1v) is 6.42. The molecular weight excluding hydrogens is 304 g/mol. The Morgan fingerprint density at radius 1 is 1.26 bits per heavy atom. The molecule has 4 nitrogen and oxygen atoms in total. The number of nitriles is 1. The minimum Gasteiger partial charge on any atom is -0.397 e. The van der Waals surface area contributed by atoms with Gasteiger partial charge in [-0.05, 0) is 24.3 Å². The highest BCUT2D eigenvalue weighted by atomic mass is 79.9. The van der Waals surface area contributed by atoms with Crippen LogP contribution in [0.2, 0.25) is 0 Å². The van der Waals surface area contributed by atoms with Gasteiger partial charge in [0.1, 0.15) is 11.3 Å². The quantitative estimate of drug-likeness (QED) is 0.675. The molecule has 2 aromatic carbocycles. The number of halogens is 1. The summed E-state index contributed by atoms with van der Waals surface area (Å²) in [5.74, 6) is 0.705. The number of hydrogen-bond acceptors (Lipinski definition) is 3. The van der Waals surface area contributed by atoms with Crippen molar-refractivity contribution < 1.29 is 0 Å². The topological polar surface area (TPSA) is 78.5 Å². The highest BCUT2D eigenvalue weighted by Gasteiger charge is 2.09. The lowest BCUT2D eigenvalue weighted by Gasteiger charge is -1.96. The zero-order valence-electron chi connectivity index (χ0n) is 9.81. The van der Waals surface area contributed by atoms with E-state index in [-0.39, 0.29) is 0 Å². The molecule has 0 saturated carbocycles. The van der Waals surface area contributed by atoms with Crippen LogP contribution in [0.4, 0.5) is 5.69 Å². The molecule has 0 amide bonds. The van der Waals surface area contributed by atoms with Crippen LogP contribution in [0.15, 0.2) is 40.9 Å². The molecule has 1 heterocycles. The molecule has 0 spiro atoms. The molecule has 92 valence electrons. The summed E-state index contributed by atoms with van der Waals surface area (Å²) in [6.45, 7) is 0. The Labute approximate surface area is 118 Å². The van der Waals surface area contributed by atoms with Gasteiger partial charge in [0, 0.05) is 10.0 Å². The molecule has 0 aliphatic carbocycles. The lowest BCUT2D eigenvalue weighted by Crippen LogP contribution is -1.86. The second kappa shape index (κ2) is 4.41. The number of anilines is 1. The molecule has 0 saturated heterocycles. The molecule has 0 unspecified atom stereocenters. The molecule has 3 N–H and O–H groups in total. The Hall–Kier alpha value is -2.32. The summed E-state index contributed by atoms with van der Waals surface area (Å²) >= 11 is 3.40. The van der Waals surface area contributed by atoms with E-state index in [0.29, 0.717) is 17.1 Å². The molecule has 0 bridgehead atoms. The molecule has 0 radical (unpaired) electrons. The fraction of sp³-hybridized carbons (Fsp3) is 0. The Morgan fingerprint density at radius 2 is 2.11 bits per heavy atom. The number of H-pyrrole nitrogens is 1. The highest BCUT2D eigenvalue weighted by Crippen LogP contribution is 2.27. The summed E-state index contributed by atoms with van der Waals surface area (Å²) in [4.78, 5) is 7.70. The number of fused-ring (bicyclic) bond motifs is 1. The summed E-state index contributed by atoms with van der Waals surface area (Å²) < 4.78 is 0.901. The number of nitrogens with zero attached hydrogens (tertiary/aromatic N) is 2. The number of hydrogen-bond donors (Lipinski definition) is 2. The number of nitrogens with two attached hydrogens (primary N) is 1. The van der Waals surface area contributed by atoms with Crippen molar-refractivity contribution in [3.05, 3.63) is 46.4 Å². The molecule has 0 fully saturated rings. The Morgan fingerprint density at radius 3 is 2.89 bits per heavy atom. The third-order valence-electron chi connectivity index (χ3n) is 2.85. The summed E-state index contributed by atoms with van der Waals surface area (Å²) in [6.07, 6.45) is 0. The number of nitrogens with one attached hydrogen (secondary N) is 1. The number of imidazole rings is 1. The molecule has 5 heteroatoms. The summed E-state index contributed by atoms with van der Waals surface area (Å²) in [6, 6.07) is 13.2. The SMILES string of the molecule is N#Cc1cccc(-c2nc3c(N)cc(Br)cc3[nH]2)c1. The lowest BCUT2D eigenvalue weighted by atomic mass is 10.1. The summed E-state index contributed by atoms with van der Waals surface area (Å²) in [5, 5.41) is 8.92. The lowest BCUT2D eigenvalue weighted by molar-refractivity contribution is 1.33. The van der Waals surface area contributed by atoms with Crippen LogP contribution in [0.3, 0.4) is 0 Å². The van der Waals surface area contributed by atoms with Gasteiger partial charge in [0.25, 0.3) is 0 Å². The van der Waals surface area contributed by atoms with Crippen LogP contribution in [0.5, 0.6) is 0 Å². The molecule has 3 rings (SSSR count). The van der Waals surface area contributed by atoms with Crippen molar-refractivity contribution in [1.29, 1.82) is 5.26 Å². The maximum Gasteiger partial charge on any atom is 0.138 e. The molecule has 0 atom stereocenters. The van der Waals surface area contributed by atoms with Crippen LogP contribution >= 0.6 is 15.9 Å². The van der Waals surface area contributed by atoms with Gasteiger partial charge in [0.05, 0.1) is 22.8 Å². The standard InChI is InChI=1S/C14H9BrN4/c15-10-5-11(17)13-12(6-10)18-14(19-13)9-3-1-2-8(4-9)7-16/h1-6H,17H2,(H,18,19). The smallest absolute Gasteiger partial charge is 0.138 e. The normalized spacial score (nSPS) is 10.5. The number of aromatic amines is 1. The predicted molar refractivity (Wildman–Crippen MR) is 78.4 cm³/mol. The van der Waals surface area contributed by atoms with Crippen molar-refractivity contribution in [2.24, 2.45) is 0 Å². The Bertz CT molecular complexity index is 814. The molecule has 1 aromatic heterocycles. The van der Waals surface area contributed by atoms with Crippen LogP contribution in [0, 0.1) is 11.3 Å². The first kappa shape index (κ1) is 11.8. The van der Waals surface area contributed by atoms with Crippen molar-refractivity contribution in [2.45, 2.75) is 0 Å². The van der Waals surface area contributed by atoms with Crippen molar-refractivity contribution in [1.82, 2.24) is 9.97 Å². The van der Waals surface area contributed by atoms with E-state index in [9.17, 15) is 0 Å². The highest BCUT2D eigenvalue weighted by molar-refractivity contribution is 9.10. The molecule has 0 aliphatic heterocycles. The van der Waals surface area contributed by atoms with Gasteiger partial charge in [-0.15, -0.1) is 0 Å². The predicted octanol–water partition coefficient (Wildman–Crippen LogP) is 3.45. The minimum absolute atomic E-state index is 0.604. The van der Waals surface area contributed by atoms with Gasteiger partial charge in [-0.1, -0.05) is 28.1 Å². The average molecular weight is 313 g/mol. The van der Waals surface area contributed by atoms with Gasteiger partial charge < -0.3 is 10.7 Å². The van der Waals surface area contributed by atoms with Crippen LogP contribution in [0.1, 0.15) is 5.56 Å². The van der Waals surface area contributed by atoms with Gasteiger partial charge in [-0.3, -0.25) is 0 Å². The maximum absolute atomic E-state index is 8.92. The number of rotatable bonds is 1. The second-order valence-corrected chi connectivity index (χ2v) is 5.08. The van der Waals surface area contributed by atoms with Gasteiger partial charge >= 0.3 is 0 Å². The zero-order valence-corrected chi connectivity index (χ0v) is 11.4. The van der Waals surface area contributed by atoms with Crippen molar-refractivity contribution in [3.63, 3.8) is 0 Å². The second-order valence-electron chi connectivity index (χ2n) is 4.17. The van der Waals surface area contributed by atoms with E-state index in [4.69, 9.17) is 11.0 Å². The minimum atomic E-state index is 0.604. The van der Waals surface area contributed by atoms with Gasteiger partial charge in [-0.25, -0.2) is 4.98 Å². The van der Waals surface area contributed by atoms with Crippen LogP contribution in [-0.2, 0) is 0 Å². The molecule has 19 heavy (non-hydrogen) atoms. The first-order valence-electron chi connectivity index (χ1n) is 5.62. The monoisotopic (exact) mass is 312 g/mol. The van der Waals surface area contributed by atoms with Gasteiger partial charge in [-0.2, -0.15) is 5.26 Å². The number of nitrogen functional groups attached to an aromatic ring is 1. The van der Waals surface area contributed by atoms with Crippen molar-refractivity contribution >= 4 is 32.7 Å². The number of benzene rings is 2. The van der Waals surface area contributed by atoms with E-state index in [1.807, 2.05) is 24.3 Å². The number of aromatic nitrogens is 2. The van der Waals surface area contributed by atoms with Gasteiger partial charge in [0.15, 0.2) is 0 Å². The van der Waals surface area contributed by atoms with E-state index in [0.717, 1.165) is 21.1 Å². The van der Waals surface area contributed by atoms with E-state index in [2.05, 4.69) is 32.0 Å². The summed E-state index contributed by atoms with van der Waals surface area (Å²) in [5.41, 5.74) is 9.63. The third-order valence-corrected chi connectivity index (χ3v) is 3.30. The third kappa shape index (κ3) is 2.07. The average Bonchev–Trinajstić information content (AvgIpc) is 2.83. The van der Waals surface area contributed by atoms with E-state index >= 15 is 0 Å². The van der Waals surface area contributed by atoms with Crippen LogP contribution in [-0.4, -0.2) is 9.97 Å².